The monoisotopic (exact) mass is 589 g/mol. The molecule has 41 heavy (non-hydrogen) atoms. The van der Waals surface area contributed by atoms with E-state index in [0.29, 0.717) is 12.1 Å². The van der Waals surface area contributed by atoms with E-state index in [1.54, 1.807) is 13.2 Å². The minimum Gasteiger partial charge on any atom is -1.00 e. The summed E-state index contributed by atoms with van der Waals surface area (Å²) in [6, 6.07) is 11.6. The van der Waals surface area contributed by atoms with Crippen molar-refractivity contribution in [2.75, 3.05) is 17.4 Å². The summed E-state index contributed by atoms with van der Waals surface area (Å²) in [6.45, 7) is 0.363. The number of alkyl carbamates (subject to hydrolysis) is 1. The number of fused-ring (bicyclic) bond motifs is 2. The molecule has 0 atom stereocenters. The van der Waals surface area contributed by atoms with E-state index in [-0.39, 0.29) is 57.1 Å². The Morgan fingerprint density at radius 2 is 1.76 bits per heavy atom. The van der Waals surface area contributed by atoms with Gasteiger partial charge in [0.25, 0.3) is 0 Å². The maximum atomic E-state index is 13.4. The molecule has 0 spiro atoms. The van der Waals surface area contributed by atoms with Crippen molar-refractivity contribution >= 4 is 27.9 Å². The Morgan fingerprint density at radius 1 is 1.07 bits per heavy atom. The van der Waals surface area contributed by atoms with Crippen LogP contribution < -0.4 is 43.9 Å². The molecule has 2 aliphatic carbocycles. The van der Waals surface area contributed by atoms with Gasteiger partial charge in [-0.05, 0) is 78.3 Å². The molecule has 0 bridgehead atoms. The van der Waals surface area contributed by atoms with Gasteiger partial charge in [-0.1, -0.05) is 36.4 Å². The van der Waals surface area contributed by atoms with E-state index in [2.05, 4.69) is 21.2 Å². The standard InChI is InChI=1S/C29H35N5O5S.Na.H/c1-33-19-24(18-31-33)34(15-7-14-30-29(36)39-20-21-8-3-2-4-9-21)40(37,38)32-28(35)17-27-25-12-5-10-22(25)16-23-11-6-13-26(23)27;;/h2-4,8-9,16,18-19H,5-7,10-15,17,20H2,1H3,(H,30,36)(H,32,35);;/q;+1;-1. The molecule has 5 rings (SSSR count). The number of benzene rings is 2. The van der Waals surface area contributed by atoms with Gasteiger partial charge in [0.2, 0.25) is 5.91 Å². The zero-order valence-corrected chi connectivity index (χ0v) is 26.5. The van der Waals surface area contributed by atoms with E-state index in [1.807, 2.05) is 30.3 Å². The summed E-state index contributed by atoms with van der Waals surface area (Å²) in [6.07, 6.45) is 8.77. The molecule has 0 saturated carbocycles. The SMILES string of the molecule is Cn1cc(N(CCCNC(=O)OCc2ccccc2)S(=O)(=O)NC(=O)Cc2c3c(cc4c2CCC4)CCC3)cn1.[H-].[Na+]. The molecule has 0 radical (unpaired) electrons. The van der Waals surface area contributed by atoms with Crippen LogP contribution in [0.5, 0.6) is 0 Å². The molecule has 0 fully saturated rings. The second-order valence-electron chi connectivity index (χ2n) is 10.3. The van der Waals surface area contributed by atoms with Crippen molar-refractivity contribution in [1.29, 1.82) is 0 Å². The molecule has 0 aliphatic heterocycles. The number of aromatic nitrogens is 2. The summed E-state index contributed by atoms with van der Waals surface area (Å²) < 4.78 is 37.0. The van der Waals surface area contributed by atoms with Crippen molar-refractivity contribution in [2.45, 2.75) is 58.0 Å². The van der Waals surface area contributed by atoms with Gasteiger partial charge < -0.3 is 11.5 Å². The summed E-state index contributed by atoms with van der Waals surface area (Å²) >= 11 is 0. The number of hydrogen-bond acceptors (Lipinski definition) is 6. The summed E-state index contributed by atoms with van der Waals surface area (Å²) in [5, 5.41) is 6.74. The van der Waals surface area contributed by atoms with Gasteiger partial charge in [-0.3, -0.25) is 13.8 Å². The number of carbonyl (C=O) groups is 2. The Bertz CT molecular complexity index is 1470. The topological polar surface area (TPSA) is 123 Å². The van der Waals surface area contributed by atoms with Crippen molar-refractivity contribution in [3.63, 3.8) is 0 Å². The Kier molecular flexibility index (Phi) is 10.5. The smallest absolute Gasteiger partial charge is 1.00 e. The van der Waals surface area contributed by atoms with Gasteiger partial charge in [0.05, 0.1) is 18.3 Å². The van der Waals surface area contributed by atoms with Gasteiger partial charge in [-0.15, -0.1) is 0 Å². The third kappa shape index (κ3) is 7.71. The van der Waals surface area contributed by atoms with Crippen LogP contribution in [0.1, 0.15) is 54.1 Å². The maximum absolute atomic E-state index is 13.4. The van der Waals surface area contributed by atoms with Crippen molar-refractivity contribution in [3.05, 3.63) is 82.2 Å². The van der Waals surface area contributed by atoms with Gasteiger partial charge >= 0.3 is 45.9 Å². The number of carbonyl (C=O) groups excluding carboxylic acids is 2. The summed E-state index contributed by atoms with van der Waals surface area (Å²) in [5.74, 6) is -0.550. The number of nitrogens with one attached hydrogen (secondary N) is 2. The number of ether oxygens (including phenoxy) is 1. The molecule has 3 aromatic rings. The first-order chi connectivity index (χ1) is 19.3. The molecule has 214 valence electrons. The number of amides is 2. The molecular formula is C29H36N5NaO5S. The first-order valence-corrected chi connectivity index (χ1v) is 15.2. The van der Waals surface area contributed by atoms with E-state index >= 15 is 0 Å². The Balaban J connectivity index is 0.00000242. The molecule has 0 saturated heterocycles. The minimum absolute atomic E-state index is 0. The second kappa shape index (κ2) is 13.9. The maximum Gasteiger partial charge on any atom is 1.00 e. The summed E-state index contributed by atoms with van der Waals surface area (Å²) in [4.78, 5) is 25.2. The third-order valence-electron chi connectivity index (χ3n) is 7.47. The predicted octanol–water partition coefficient (Wildman–Crippen LogP) is 0.241. The minimum atomic E-state index is -4.22. The number of aryl methyl sites for hydroxylation is 3. The molecule has 2 amide bonds. The first kappa shape index (κ1) is 31.1. The van der Waals surface area contributed by atoms with Crippen LogP contribution in [-0.4, -0.2) is 43.3 Å². The molecule has 1 heterocycles. The van der Waals surface area contributed by atoms with E-state index in [0.717, 1.165) is 54.0 Å². The Hall–Kier alpha value is -2.86. The largest absolute Gasteiger partial charge is 1.00 e. The first-order valence-electron chi connectivity index (χ1n) is 13.7. The van der Waals surface area contributed by atoms with Crippen LogP contribution >= 0.6 is 0 Å². The molecule has 12 heteroatoms. The number of anilines is 1. The van der Waals surface area contributed by atoms with E-state index < -0.39 is 22.2 Å². The van der Waals surface area contributed by atoms with Crippen molar-refractivity contribution in [3.8, 4) is 0 Å². The van der Waals surface area contributed by atoms with E-state index in [1.165, 1.54) is 33.1 Å². The number of hydrogen-bond donors (Lipinski definition) is 2. The zero-order chi connectivity index (χ0) is 28.1. The quantitative estimate of drug-likeness (QED) is 0.244. The zero-order valence-electron chi connectivity index (χ0n) is 24.7. The van der Waals surface area contributed by atoms with Crippen LogP contribution in [0.3, 0.4) is 0 Å². The fourth-order valence-electron chi connectivity index (χ4n) is 5.66. The Labute approximate surface area is 264 Å². The van der Waals surface area contributed by atoms with Crippen molar-refractivity contribution < 1.29 is 53.7 Å². The molecule has 0 unspecified atom stereocenters. The second-order valence-corrected chi connectivity index (χ2v) is 11.9. The van der Waals surface area contributed by atoms with Crippen molar-refractivity contribution in [1.82, 2.24) is 19.8 Å². The van der Waals surface area contributed by atoms with E-state index in [4.69, 9.17) is 4.74 Å². The normalized spacial score (nSPS) is 13.6. The van der Waals surface area contributed by atoms with Crippen LogP contribution in [0.4, 0.5) is 10.5 Å². The van der Waals surface area contributed by atoms with Gasteiger partial charge in [0, 0.05) is 26.3 Å². The van der Waals surface area contributed by atoms with E-state index in [9.17, 15) is 18.0 Å². The van der Waals surface area contributed by atoms with Crippen molar-refractivity contribution in [2.24, 2.45) is 7.05 Å². The molecule has 10 nitrogen and oxygen atoms in total. The average molecular weight is 590 g/mol. The predicted molar refractivity (Wildman–Crippen MR) is 152 cm³/mol. The van der Waals surface area contributed by atoms with Gasteiger partial charge in [0.1, 0.15) is 6.61 Å². The molecule has 1 aromatic heterocycles. The van der Waals surface area contributed by atoms with Crippen LogP contribution in [0, 0.1) is 0 Å². The average Bonchev–Trinajstić information content (AvgIpc) is 3.68. The molecule has 2 aliphatic rings. The fraction of sp³-hybridized carbons (Fsp3) is 0.414. The van der Waals surface area contributed by atoms with Crippen LogP contribution in [0.25, 0.3) is 0 Å². The van der Waals surface area contributed by atoms with Crippen LogP contribution in [0.15, 0.2) is 48.8 Å². The number of nitrogens with zero attached hydrogens (tertiary/aromatic N) is 3. The Morgan fingerprint density at radius 3 is 2.39 bits per heavy atom. The van der Waals surface area contributed by atoms with Crippen LogP contribution in [0.2, 0.25) is 0 Å². The molecule has 2 aromatic carbocycles. The van der Waals surface area contributed by atoms with Gasteiger partial charge in [0.15, 0.2) is 0 Å². The summed E-state index contributed by atoms with van der Waals surface area (Å²) in [5.41, 5.74) is 7.27. The third-order valence-corrected chi connectivity index (χ3v) is 8.93. The van der Waals surface area contributed by atoms with Crippen LogP contribution in [-0.2, 0) is 65.5 Å². The molecular weight excluding hydrogens is 553 g/mol. The number of rotatable bonds is 11. The molecule has 2 N–H and O–H groups in total. The summed E-state index contributed by atoms with van der Waals surface area (Å²) in [7, 11) is -2.53. The van der Waals surface area contributed by atoms with Gasteiger partial charge in [-0.2, -0.15) is 13.5 Å². The van der Waals surface area contributed by atoms with Gasteiger partial charge in [-0.25, -0.2) is 9.52 Å². The fourth-order valence-corrected chi connectivity index (χ4v) is 6.87.